The van der Waals surface area contributed by atoms with E-state index >= 15 is 0 Å². The fourth-order valence-electron chi connectivity index (χ4n) is 2.84. The first-order valence-electron chi connectivity index (χ1n) is 11.4. The summed E-state index contributed by atoms with van der Waals surface area (Å²) in [6.45, 7) is 0.141. The third kappa shape index (κ3) is 13.6. The molecule has 18 nitrogen and oxygen atoms in total. The molecule has 218 valence electrons. The lowest BCUT2D eigenvalue weighted by molar-refractivity contribution is -0.144. The van der Waals surface area contributed by atoms with Crippen LogP contribution in [-0.4, -0.2) is 89.6 Å². The highest BCUT2D eigenvalue weighted by Gasteiger charge is 2.26. The van der Waals surface area contributed by atoms with Crippen LogP contribution in [0.4, 0.5) is 5.13 Å². The summed E-state index contributed by atoms with van der Waals surface area (Å²) in [6, 6.07) is -2.87. The van der Waals surface area contributed by atoms with Gasteiger partial charge in [-0.2, -0.15) is 0 Å². The average molecular weight is 595 g/mol. The Hall–Kier alpha value is -3.75. The van der Waals surface area contributed by atoms with Crippen molar-refractivity contribution < 1.29 is 47.4 Å². The van der Waals surface area contributed by atoms with Crippen molar-refractivity contribution in [1.82, 2.24) is 26.1 Å². The quantitative estimate of drug-likeness (QED) is 0.0624. The Balaban J connectivity index is 2.40. The van der Waals surface area contributed by atoms with Gasteiger partial charge in [0.05, 0.1) is 6.42 Å². The number of sulfonamides is 1. The molecule has 0 radical (unpaired) electrons. The smallest absolute Gasteiger partial charge is 0.326 e. The van der Waals surface area contributed by atoms with Gasteiger partial charge in [-0.3, -0.25) is 19.2 Å². The minimum atomic E-state index is -4.07. The number of primary sulfonamides is 1. The molecule has 1 aromatic rings. The van der Waals surface area contributed by atoms with Gasteiger partial charge in [-0.15, -0.1) is 10.2 Å². The van der Waals surface area contributed by atoms with Crippen molar-refractivity contribution in [3.05, 3.63) is 0 Å². The van der Waals surface area contributed by atoms with Crippen molar-refractivity contribution in [1.29, 1.82) is 0 Å². The molecule has 0 unspecified atom stereocenters. The Kier molecular flexibility index (Phi) is 13.9. The lowest BCUT2D eigenvalue weighted by Gasteiger charge is -2.18. The minimum Gasteiger partial charge on any atom is -0.480 e. The molecular weight excluding hydrogens is 564 g/mol. The highest BCUT2D eigenvalue weighted by molar-refractivity contribution is 7.91. The van der Waals surface area contributed by atoms with Crippen LogP contribution < -0.4 is 32.1 Å². The molecule has 0 aliphatic heterocycles. The average Bonchev–Trinajstić information content (AvgIpc) is 3.30. The Labute approximate surface area is 226 Å². The molecule has 0 bridgehead atoms. The van der Waals surface area contributed by atoms with Crippen LogP contribution in [0.1, 0.15) is 44.9 Å². The molecule has 10 N–H and O–H groups in total. The first-order chi connectivity index (χ1) is 18.2. The van der Waals surface area contributed by atoms with E-state index in [4.69, 9.17) is 10.9 Å². The summed E-state index contributed by atoms with van der Waals surface area (Å²) in [5.74, 6) is -5.76. The predicted octanol–water partition coefficient (Wildman–Crippen LogP) is -2.93. The van der Waals surface area contributed by atoms with Gasteiger partial charge in [0.15, 0.2) is 0 Å². The molecule has 20 heteroatoms. The normalized spacial score (nSPS) is 12.6. The summed E-state index contributed by atoms with van der Waals surface area (Å²) < 4.78 is 21.8. The first-order valence-corrected chi connectivity index (χ1v) is 13.8. The second-order valence-corrected chi connectivity index (χ2v) is 10.7. The van der Waals surface area contributed by atoms with Crippen molar-refractivity contribution in [3.8, 4) is 0 Å². The van der Waals surface area contributed by atoms with Gasteiger partial charge in [0, 0.05) is 25.8 Å². The van der Waals surface area contributed by atoms with E-state index in [2.05, 4.69) is 31.5 Å². The molecular formula is C19H30N8O10S2. The number of nitrogens with one attached hydrogen (secondary N) is 4. The fraction of sp³-hybridized carbons (Fsp3) is 0.579. The third-order valence-corrected chi connectivity index (χ3v) is 6.90. The summed E-state index contributed by atoms with van der Waals surface area (Å²) in [5, 5.41) is 39.0. The maximum absolute atomic E-state index is 12.1. The van der Waals surface area contributed by atoms with Gasteiger partial charge < -0.3 is 37.2 Å². The number of carbonyl (C=O) groups is 6. The van der Waals surface area contributed by atoms with Crippen molar-refractivity contribution in [2.45, 2.75) is 61.4 Å². The van der Waals surface area contributed by atoms with Crippen molar-refractivity contribution >= 4 is 62.1 Å². The van der Waals surface area contributed by atoms with E-state index < -0.39 is 68.4 Å². The summed E-state index contributed by atoms with van der Waals surface area (Å²) >= 11 is 0.528. The molecule has 0 fully saturated rings. The van der Waals surface area contributed by atoms with Gasteiger partial charge >= 0.3 is 11.9 Å². The minimum absolute atomic E-state index is 0.103. The molecule has 0 saturated heterocycles. The number of carbonyl (C=O) groups excluding carboxylic acids is 4. The molecule has 1 heterocycles. The molecule has 39 heavy (non-hydrogen) atoms. The molecule has 0 spiro atoms. The number of carboxylic acid groups (broad SMARTS) is 2. The Morgan fingerprint density at radius 3 is 2.03 bits per heavy atom. The number of nitrogens with two attached hydrogens (primary N) is 2. The number of hydrogen-bond donors (Lipinski definition) is 8. The van der Waals surface area contributed by atoms with E-state index in [1.165, 1.54) is 0 Å². The van der Waals surface area contributed by atoms with E-state index in [9.17, 15) is 47.4 Å². The van der Waals surface area contributed by atoms with Crippen LogP contribution in [0.15, 0.2) is 4.34 Å². The fourth-order valence-corrected chi connectivity index (χ4v) is 4.19. The van der Waals surface area contributed by atoms with E-state index in [0.29, 0.717) is 30.7 Å². The van der Waals surface area contributed by atoms with Crippen molar-refractivity contribution in [2.75, 3.05) is 18.4 Å². The zero-order valence-corrected chi connectivity index (χ0v) is 22.2. The second kappa shape index (κ2) is 16.3. The molecule has 1 rings (SSSR count). The van der Waals surface area contributed by atoms with Crippen LogP contribution in [0.5, 0.6) is 0 Å². The van der Waals surface area contributed by atoms with Crippen LogP contribution in [0.2, 0.25) is 0 Å². The number of aliphatic carboxylic acids is 2. The second-order valence-electron chi connectivity index (χ2n) is 7.97. The molecule has 0 aliphatic rings. The van der Waals surface area contributed by atoms with Gasteiger partial charge in [0.1, 0.15) is 12.1 Å². The van der Waals surface area contributed by atoms with Crippen LogP contribution in [0.3, 0.4) is 0 Å². The Morgan fingerprint density at radius 2 is 1.46 bits per heavy atom. The first kappa shape index (κ1) is 33.3. The van der Waals surface area contributed by atoms with Crippen LogP contribution in [0.25, 0.3) is 0 Å². The number of nitrogens with zero attached hydrogens (tertiary/aromatic N) is 2. The van der Waals surface area contributed by atoms with Gasteiger partial charge in [0.2, 0.25) is 33.1 Å². The summed E-state index contributed by atoms with van der Waals surface area (Å²) in [5.41, 5.74) is 5.35. The topological polar surface area (TPSA) is 303 Å². The number of unbranched alkanes of at least 4 members (excludes halogenated alkanes) is 1. The van der Waals surface area contributed by atoms with Crippen LogP contribution in [0, 0.1) is 0 Å². The standard InChI is InChI=1S/C19H30N8O10S2/c20-7-2-1-3-10(16(32)33)23-15(31)9-11(17(34)35)24-14(30)6-8-22-12(28)4-5-13(29)25-18-26-27-19(38-18)39(21,36)37/h10-11H,1-9,20H2,(H,22,28)(H,23,31)(H,24,30)(H,32,33)(H,34,35)(H2,21,36,37)(H,25,26,29)/t10-,11-/m0/s1. The number of amides is 4. The highest BCUT2D eigenvalue weighted by atomic mass is 32.2. The summed E-state index contributed by atoms with van der Waals surface area (Å²) in [7, 11) is -4.07. The zero-order chi connectivity index (χ0) is 29.6. The summed E-state index contributed by atoms with van der Waals surface area (Å²) in [6.07, 6.45) is -0.562. The molecule has 1 aromatic heterocycles. The molecule has 4 amide bonds. The van der Waals surface area contributed by atoms with Crippen LogP contribution in [-0.2, 0) is 38.8 Å². The Morgan fingerprint density at radius 1 is 0.846 bits per heavy atom. The predicted molar refractivity (Wildman–Crippen MR) is 133 cm³/mol. The number of hydrogen-bond acceptors (Lipinski definition) is 12. The van der Waals surface area contributed by atoms with Gasteiger partial charge in [-0.25, -0.2) is 23.1 Å². The van der Waals surface area contributed by atoms with Gasteiger partial charge in [-0.05, 0) is 25.8 Å². The lowest BCUT2D eigenvalue weighted by atomic mass is 10.1. The largest absolute Gasteiger partial charge is 0.480 e. The van der Waals surface area contributed by atoms with Crippen molar-refractivity contribution in [2.24, 2.45) is 10.9 Å². The lowest BCUT2D eigenvalue weighted by Crippen LogP contribution is -2.47. The van der Waals surface area contributed by atoms with Gasteiger partial charge in [0.25, 0.3) is 10.0 Å². The monoisotopic (exact) mass is 594 g/mol. The summed E-state index contributed by atoms with van der Waals surface area (Å²) in [4.78, 5) is 70.7. The molecule has 0 aliphatic carbocycles. The SMILES string of the molecule is NCCCC[C@H](NC(=O)C[C@H](NC(=O)CCNC(=O)CCC(=O)Nc1nnc(S(N)(=O)=O)s1)C(=O)O)C(=O)O. The van der Waals surface area contributed by atoms with E-state index in [0.717, 1.165) is 0 Å². The highest BCUT2D eigenvalue weighted by Crippen LogP contribution is 2.18. The maximum atomic E-state index is 12.1. The van der Waals surface area contributed by atoms with Crippen LogP contribution >= 0.6 is 11.3 Å². The third-order valence-electron chi connectivity index (χ3n) is 4.75. The van der Waals surface area contributed by atoms with E-state index in [-0.39, 0.29) is 37.4 Å². The number of anilines is 1. The number of aromatic nitrogens is 2. The number of carboxylic acids is 2. The number of rotatable bonds is 18. The Bertz CT molecular complexity index is 1160. The zero-order valence-electron chi connectivity index (χ0n) is 20.5. The maximum Gasteiger partial charge on any atom is 0.326 e. The molecule has 2 atom stereocenters. The van der Waals surface area contributed by atoms with Crippen molar-refractivity contribution in [3.63, 3.8) is 0 Å². The van der Waals surface area contributed by atoms with E-state index in [1.807, 2.05) is 0 Å². The van der Waals surface area contributed by atoms with E-state index in [1.54, 1.807) is 0 Å². The molecule has 0 aromatic carbocycles. The van der Waals surface area contributed by atoms with Gasteiger partial charge in [-0.1, -0.05) is 11.3 Å². The molecule has 0 saturated carbocycles.